The molecule has 0 radical (unpaired) electrons. The van der Waals surface area contributed by atoms with Crippen LogP contribution in [0.5, 0.6) is 0 Å². The lowest BCUT2D eigenvalue weighted by molar-refractivity contribution is 0.0657. The predicted molar refractivity (Wildman–Crippen MR) is 69.5 cm³/mol. The van der Waals surface area contributed by atoms with E-state index in [1.54, 1.807) is 0 Å². The smallest absolute Gasteiger partial charge is 0.373 e. The number of carboxylic acids is 1. The number of nitrogens with zero attached hydrogens (tertiary/aromatic N) is 1. The Morgan fingerprint density at radius 1 is 1.42 bits per heavy atom. The van der Waals surface area contributed by atoms with Crippen LogP contribution < -0.4 is 0 Å². The lowest BCUT2D eigenvalue weighted by atomic mass is 9.77. The number of aromatic nitrogens is 1. The summed E-state index contributed by atoms with van der Waals surface area (Å²) in [7, 11) is 0. The highest BCUT2D eigenvalue weighted by atomic mass is 16.4. The zero-order chi connectivity index (χ0) is 13.6. The Labute approximate surface area is 111 Å². The van der Waals surface area contributed by atoms with Crippen LogP contribution in [0.4, 0.5) is 0 Å². The summed E-state index contributed by atoms with van der Waals surface area (Å²) in [5.41, 5.74) is 3.01. The molecule has 0 saturated carbocycles. The fourth-order valence-corrected chi connectivity index (χ4v) is 2.52. The average molecular weight is 257 g/mol. The van der Waals surface area contributed by atoms with Gasteiger partial charge in [0.2, 0.25) is 11.7 Å². The third-order valence-corrected chi connectivity index (χ3v) is 3.56. The first-order chi connectivity index (χ1) is 9.08. The summed E-state index contributed by atoms with van der Waals surface area (Å²) in [6.07, 6.45) is 0.868. The minimum Gasteiger partial charge on any atom is -0.475 e. The summed E-state index contributed by atoms with van der Waals surface area (Å²) in [6, 6.07) is 8.11. The maximum Gasteiger partial charge on any atom is 0.373 e. The molecular formula is C15H15NO3. The molecule has 4 nitrogen and oxygen atoms in total. The van der Waals surface area contributed by atoms with Gasteiger partial charge in [-0.15, -0.1) is 0 Å². The van der Waals surface area contributed by atoms with E-state index in [4.69, 9.17) is 9.52 Å². The molecule has 0 fully saturated rings. The SMILES string of the molecule is CC(C)c1nc(C2Cc3ccccc32)oc1C(=O)O. The molecule has 0 bridgehead atoms. The summed E-state index contributed by atoms with van der Waals surface area (Å²) >= 11 is 0. The number of aromatic carboxylic acids is 1. The van der Waals surface area contributed by atoms with Crippen LogP contribution in [0, 0.1) is 0 Å². The van der Waals surface area contributed by atoms with Crippen LogP contribution in [0.1, 0.15) is 58.9 Å². The predicted octanol–water partition coefficient (Wildman–Crippen LogP) is 3.18. The average Bonchev–Trinajstić information content (AvgIpc) is 2.75. The van der Waals surface area contributed by atoms with E-state index in [0.717, 1.165) is 6.42 Å². The normalized spacial score (nSPS) is 17.1. The molecule has 0 saturated heterocycles. The van der Waals surface area contributed by atoms with Crippen molar-refractivity contribution in [1.29, 1.82) is 0 Å². The molecule has 19 heavy (non-hydrogen) atoms. The summed E-state index contributed by atoms with van der Waals surface area (Å²) in [6.45, 7) is 3.84. The van der Waals surface area contributed by atoms with Gasteiger partial charge in [-0.2, -0.15) is 0 Å². The quantitative estimate of drug-likeness (QED) is 0.917. The van der Waals surface area contributed by atoms with Crippen molar-refractivity contribution in [3.8, 4) is 0 Å². The van der Waals surface area contributed by atoms with Crippen molar-refractivity contribution in [1.82, 2.24) is 4.98 Å². The highest BCUT2D eigenvalue weighted by Gasteiger charge is 2.33. The number of carboxylic acid groups (broad SMARTS) is 1. The van der Waals surface area contributed by atoms with Crippen LogP contribution in [-0.4, -0.2) is 16.1 Å². The first-order valence-corrected chi connectivity index (χ1v) is 6.39. The van der Waals surface area contributed by atoms with Gasteiger partial charge in [-0.25, -0.2) is 9.78 Å². The Hall–Kier alpha value is -2.10. The Bertz CT molecular complexity index is 643. The van der Waals surface area contributed by atoms with Crippen molar-refractivity contribution in [2.45, 2.75) is 32.1 Å². The zero-order valence-corrected chi connectivity index (χ0v) is 10.9. The molecule has 1 aliphatic carbocycles. The molecule has 98 valence electrons. The van der Waals surface area contributed by atoms with Gasteiger partial charge in [0, 0.05) is 0 Å². The molecule has 1 aromatic heterocycles. The van der Waals surface area contributed by atoms with Crippen molar-refractivity contribution in [2.75, 3.05) is 0 Å². The Kier molecular flexibility index (Phi) is 2.66. The molecule has 4 heteroatoms. The van der Waals surface area contributed by atoms with E-state index < -0.39 is 5.97 Å². The molecule has 1 atom stereocenters. The van der Waals surface area contributed by atoms with Crippen molar-refractivity contribution < 1.29 is 14.3 Å². The van der Waals surface area contributed by atoms with Gasteiger partial charge < -0.3 is 9.52 Å². The topological polar surface area (TPSA) is 63.3 Å². The Morgan fingerprint density at radius 3 is 2.74 bits per heavy atom. The molecule has 2 aromatic rings. The number of rotatable bonds is 3. The first-order valence-electron chi connectivity index (χ1n) is 6.39. The third kappa shape index (κ3) is 1.84. The van der Waals surface area contributed by atoms with E-state index in [1.165, 1.54) is 11.1 Å². The van der Waals surface area contributed by atoms with Crippen LogP contribution in [0.15, 0.2) is 28.7 Å². The highest BCUT2D eigenvalue weighted by Crippen LogP contribution is 2.40. The molecule has 1 aromatic carbocycles. The summed E-state index contributed by atoms with van der Waals surface area (Å²) < 4.78 is 5.49. The number of hydrogen-bond donors (Lipinski definition) is 1. The molecule has 1 unspecified atom stereocenters. The van der Waals surface area contributed by atoms with Crippen molar-refractivity contribution in [3.05, 3.63) is 52.7 Å². The number of hydrogen-bond acceptors (Lipinski definition) is 3. The van der Waals surface area contributed by atoms with Crippen molar-refractivity contribution in [2.24, 2.45) is 0 Å². The van der Waals surface area contributed by atoms with Gasteiger partial charge >= 0.3 is 5.97 Å². The van der Waals surface area contributed by atoms with Gasteiger partial charge in [-0.05, 0) is 23.5 Å². The van der Waals surface area contributed by atoms with Crippen LogP contribution in [0.2, 0.25) is 0 Å². The van der Waals surface area contributed by atoms with E-state index >= 15 is 0 Å². The molecule has 0 aliphatic heterocycles. The third-order valence-electron chi connectivity index (χ3n) is 3.56. The van der Waals surface area contributed by atoms with E-state index in [0.29, 0.717) is 11.6 Å². The fraction of sp³-hybridized carbons (Fsp3) is 0.333. The summed E-state index contributed by atoms with van der Waals surface area (Å²) in [5, 5.41) is 9.16. The maximum atomic E-state index is 11.2. The van der Waals surface area contributed by atoms with Gasteiger partial charge in [0.05, 0.1) is 11.6 Å². The summed E-state index contributed by atoms with van der Waals surface area (Å²) in [4.78, 5) is 15.6. The Morgan fingerprint density at radius 2 is 2.16 bits per heavy atom. The van der Waals surface area contributed by atoms with Gasteiger partial charge in [0.15, 0.2) is 0 Å². The van der Waals surface area contributed by atoms with Gasteiger partial charge in [-0.3, -0.25) is 0 Å². The van der Waals surface area contributed by atoms with E-state index in [1.807, 2.05) is 32.0 Å². The second-order valence-corrected chi connectivity index (χ2v) is 5.18. The number of oxazole rings is 1. The standard InChI is InChI=1S/C15H15NO3/c1-8(2)12-13(15(17)18)19-14(16-12)11-7-9-5-3-4-6-10(9)11/h3-6,8,11H,7H2,1-2H3,(H,17,18). The van der Waals surface area contributed by atoms with E-state index in [9.17, 15) is 4.79 Å². The summed E-state index contributed by atoms with van der Waals surface area (Å²) in [5.74, 6) is -0.398. The van der Waals surface area contributed by atoms with Crippen molar-refractivity contribution >= 4 is 5.97 Å². The van der Waals surface area contributed by atoms with Crippen molar-refractivity contribution in [3.63, 3.8) is 0 Å². The van der Waals surface area contributed by atoms with Crippen LogP contribution in [0.25, 0.3) is 0 Å². The van der Waals surface area contributed by atoms with Crippen LogP contribution in [-0.2, 0) is 6.42 Å². The molecule has 1 heterocycles. The zero-order valence-electron chi connectivity index (χ0n) is 10.9. The molecule has 1 aliphatic rings. The molecule has 0 spiro atoms. The Balaban J connectivity index is 2.00. The lowest BCUT2D eigenvalue weighted by Crippen LogP contribution is -2.18. The molecule has 0 amide bonds. The largest absolute Gasteiger partial charge is 0.475 e. The second kappa shape index (κ2) is 4.23. The van der Waals surface area contributed by atoms with E-state index in [2.05, 4.69) is 11.1 Å². The molecule has 3 rings (SSSR count). The van der Waals surface area contributed by atoms with Gasteiger partial charge in [-0.1, -0.05) is 38.1 Å². The van der Waals surface area contributed by atoms with Gasteiger partial charge in [0.1, 0.15) is 0 Å². The molecule has 1 N–H and O–H groups in total. The van der Waals surface area contributed by atoms with Crippen LogP contribution >= 0.6 is 0 Å². The lowest BCUT2D eigenvalue weighted by Gasteiger charge is -2.27. The van der Waals surface area contributed by atoms with Crippen LogP contribution in [0.3, 0.4) is 0 Å². The number of carbonyl (C=O) groups is 1. The maximum absolute atomic E-state index is 11.2. The van der Waals surface area contributed by atoms with E-state index in [-0.39, 0.29) is 17.6 Å². The highest BCUT2D eigenvalue weighted by molar-refractivity contribution is 5.85. The van der Waals surface area contributed by atoms with Gasteiger partial charge in [0.25, 0.3) is 0 Å². The fourth-order valence-electron chi connectivity index (χ4n) is 2.52. The number of benzene rings is 1. The monoisotopic (exact) mass is 257 g/mol. The minimum absolute atomic E-state index is 0.0191. The minimum atomic E-state index is -1.05. The first kappa shape index (κ1) is 12.0. The number of fused-ring (bicyclic) bond motifs is 1. The molecular weight excluding hydrogens is 242 g/mol. The second-order valence-electron chi connectivity index (χ2n) is 5.18.